The molecule has 1 aromatic carbocycles. The van der Waals surface area contributed by atoms with Crippen molar-refractivity contribution in [2.75, 3.05) is 23.5 Å². The van der Waals surface area contributed by atoms with Crippen molar-refractivity contribution in [1.82, 2.24) is 4.98 Å². The lowest BCUT2D eigenvalue weighted by atomic mass is 10.1. The van der Waals surface area contributed by atoms with Crippen LogP contribution in [0.3, 0.4) is 0 Å². The zero-order chi connectivity index (χ0) is 22.1. The van der Waals surface area contributed by atoms with E-state index in [0.717, 1.165) is 11.1 Å². The monoisotopic (exact) mass is 438 g/mol. The Labute approximate surface area is 174 Å². The summed E-state index contributed by atoms with van der Waals surface area (Å²) in [6, 6.07) is 6.04. The predicted octanol–water partition coefficient (Wildman–Crippen LogP) is 4.04. The van der Waals surface area contributed by atoms with Crippen LogP contribution in [0.4, 0.5) is 28.9 Å². The molecule has 156 valence electrons. The number of ether oxygens (including phenoxy) is 1. The molecule has 1 aliphatic rings. The van der Waals surface area contributed by atoms with E-state index in [-0.39, 0.29) is 29.5 Å². The minimum atomic E-state index is -4.84. The number of benzene rings is 1. The second-order valence-corrected chi connectivity index (χ2v) is 6.65. The summed E-state index contributed by atoms with van der Waals surface area (Å²) in [7, 11) is 1.29. The number of rotatable bonds is 3. The Morgan fingerprint density at radius 2 is 2.00 bits per heavy atom. The normalized spacial score (nSPS) is 15.1. The fourth-order valence-electron chi connectivity index (χ4n) is 3.01. The van der Waals surface area contributed by atoms with E-state index in [0.29, 0.717) is 18.2 Å². The van der Waals surface area contributed by atoms with Crippen LogP contribution in [0, 0.1) is 17.1 Å². The first-order chi connectivity index (χ1) is 14.2. The van der Waals surface area contributed by atoms with Crippen LogP contribution in [0.2, 0.25) is 0 Å². The molecular weight excluding hydrogens is 424 g/mol. The van der Waals surface area contributed by atoms with Crippen LogP contribution in [0.25, 0.3) is 0 Å². The van der Waals surface area contributed by atoms with Crippen molar-refractivity contribution in [2.45, 2.75) is 19.0 Å². The molecule has 1 amide bonds. The van der Waals surface area contributed by atoms with E-state index in [1.54, 1.807) is 0 Å². The number of anilines is 2. The minimum absolute atomic E-state index is 0.0241. The molecule has 0 bridgehead atoms. The molecule has 30 heavy (non-hydrogen) atoms. The summed E-state index contributed by atoms with van der Waals surface area (Å²) in [5, 5.41) is 8.83. The Bertz CT molecular complexity index is 1050. The third-order valence-corrected chi connectivity index (χ3v) is 4.84. The Balaban J connectivity index is 2.07. The number of amides is 1. The van der Waals surface area contributed by atoms with Gasteiger partial charge in [0.25, 0.3) is 0 Å². The smallest absolute Gasteiger partial charge is 0.419 e. The molecule has 0 atom stereocenters. The van der Waals surface area contributed by atoms with Gasteiger partial charge in [-0.3, -0.25) is 9.69 Å². The van der Waals surface area contributed by atoms with Gasteiger partial charge < -0.3 is 9.64 Å². The Morgan fingerprint density at radius 3 is 2.63 bits per heavy atom. The van der Waals surface area contributed by atoms with Gasteiger partial charge in [0, 0.05) is 24.7 Å². The van der Waals surface area contributed by atoms with Crippen LogP contribution in [0.5, 0.6) is 5.75 Å². The zero-order valence-corrected chi connectivity index (χ0v) is 16.4. The second-order valence-electron chi connectivity index (χ2n) is 6.29. The quantitative estimate of drug-likeness (QED) is 0.532. The lowest BCUT2D eigenvalue weighted by Gasteiger charge is -2.30. The van der Waals surface area contributed by atoms with Crippen molar-refractivity contribution in [2.24, 2.45) is 0 Å². The summed E-state index contributed by atoms with van der Waals surface area (Å²) in [6.45, 7) is 0.283. The van der Waals surface area contributed by atoms with Crippen LogP contribution in [-0.4, -0.2) is 29.7 Å². The number of methoxy groups -OCH3 is 1. The van der Waals surface area contributed by atoms with Gasteiger partial charge in [-0.1, -0.05) is 0 Å². The lowest BCUT2D eigenvalue weighted by molar-refractivity contribution is -0.138. The van der Waals surface area contributed by atoms with E-state index < -0.39 is 29.2 Å². The van der Waals surface area contributed by atoms with Crippen LogP contribution < -0.4 is 14.5 Å². The van der Waals surface area contributed by atoms with Crippen molar-refractivity contribution in [3.8, 4) is 11.8 Å². The third kappa shape index (κ3) is 4.04. The number of hydrogen-bond donors (Lipinski definition) is 0. The number of nitrogens with zero attached hydrogens (tertiary/aromatic N) is 4. The summed E-state index contributed by atoms with van der Waals surface area (Å²) < 4.78 is 58.7. The van der Waals surface area contributed by atoms with Crippen molar-refractivity contribution in [3.63, 3.8) is 0 Å². The first-order valence-corrected chi connectivity index (χ1v) is 9.03. The first kappa shape index (κ1) is 21.4. The number of carbonyl (C=O) groups is 1. The predicted molar refractivity (Wildman–Crippen MR) is 104 cm³/mol. The van der Waals surface area contributed by atoms with Crippen molar-refractivity contribution < 1.29 is 27.1 Å². The molecule has 1 fully saturated rings. The van der Waals surface area contributed by atoms with E-state index >= 15 is 0 Å². The first-order valence-electron chi connectivity index (χ1n) is 8.62. The van der Waals surface area contributed by atoms with Gasteiger partial charge in [0.2, 0.25) is 5.91 Å². The summed E-state index contributed by atoms with van der Waals surface area (Å²) in [5.74, 6) is -1.16. The van der Waals surface area contributed by atoms with E-state index in [2.05, 4.69) is 4.98 Å². The topological polar surface area (TPSA) is 69.5 Å². The number of aromatic nitrogens is 1. The zero-order valence-electron chi connectivity index (χ0n) is 15.5. The number of carbonyl (C=O) groups excluding carboxylic acids is 1. The van der Waals surface area contributed by atoms with Gasteiger partial charge in [-0.15, -0.1) is 0 Å². The molecular formula is C19H14F4N4O2S. The van der Waals surface area contributed by atoms with Gasteiger partial charge in [-0.05, 0) is 36.8 Å². The molecule has 1 aliphatic heterocycles. The SMILES string of the molecule is COc1cc(N2CCCC(=O)N(c3cnc(C#N)c(C(F)(F)F)c3)C2=S)ccc1F. The van der Waals surface area contributed by atoms with Gasteiger partial charge in [0.1, 0.15) is 6.07 Å². The highest BCUT2D eigenvalue weighted by molar-refractivity contribution is 7.81. The van der Waals surface area contributed by atoms with Crippen molar-refractivity contribution in [3.05, 3.63) is 47.5 Å². The molecule has 11 heteroatoms. The largest absolute Gasteiger partial charge is 0.494 e. The molecule has 0 unspecified atom stereocenters. The van der Waals surface area contributed by atoms with Gasteiger partial charge in [-0.25, -0.2) is 9.37 Å². The van der Waals surface area contributed by atoms with Gasteiger partial charge in [0.05, 0.1) is 24.6 Å². The molecule has 2 aromatic rings. The highest BCUT2D eigenvalue weighted by Crippen LogP contribution is 2.35. The molecule has 0 N–H and O–H groups in total. The van der Waals surface area contributed by atoms with Crippen molar-refractivity contribution in [1.29, 1.82) is 5.26 Å². The van der Waals surface area contributed by atoms with Gasteiger partial charge in [-0.2, -0.15) is 18.4 Å². The van der Waals surface area contributed by atoms with Gasteiger partial charge >= 0.3 is 6.18 Å². The van der Waals surface area contributed by atoms with Crippen molar-refractivity contribution >= 4 is 34.6 Å². The molecule has 0 aliphatic carbocycles. The third-order valence-electron chi connectivity index (χ3n) is 4.43. The van der Waals surface area contributed by atoms with Crippen LogP contribution in [0.15, 0.2) is 30.5 Å². The summed E-state index contributed by atoms with van der Waals surface area (Å²) in [4.78, 5) is 18.7. The maximum atomic E-state index is 13.8. The molecule has 0 saturated carbocycles. The fourth-order valence-corrected chi connectivity index (χ4v) is 3.42. The number of halogens is 4. The Kier molecular flexibility index (Phi) is 5.89. The summed E-state index contributed by atoms with van der Waals surface area (Å²) in [6.07, 6.45) is -3.46. The number of thiocarbonyl (C=S) groups is 1. The maximum Gasteiger partial charge on any atom is 0.419 e. The molecule has 6 nitrogen and oxygen atoms in total. The molecule has 2 heterocycles. The average molecular weight is 438 g/mol. The maximum absolute atomic E-state index is 13.8. The number of hydrogen-bond acceptors (Lipinski definition) is 5. The van der Waals surface area contributed by atoms with Crippen LogP contribution >= 0.6 is 12.2 Å². The Morgan fingerprint density at radius 1 is 1.27 bits per heavy atom. The molecule has 1 aromatic heterocycles. The minimum Gasteiger partial charge on any atom is -0.494 e. The standard InChI is InChI=1S/C19H14F4N4O2S/c1-29-16-8-11(4-5-14(16)20)26-6-2-3-17(28)27(18(26)30)12-7-13(19(21,22)23)15(9-24)25-10-12/h4-5,7-8,10H,2-3,6H2,1H3. The van der Waals surface area contributed by atoms with Gasteiger partial charge in [0.15, 0.2) is 22.4 Å². The lowest BCUT2D eigenvalue weighted by Crippen LogP contribution is -2.44. The second kappa shape index (κ2) is 8.23. The molecule has 0 spiro atoms. The number of alkyl halides is 3. The van der Waals surface area contributed by atoms with E-state index in [1.807, 2.05) is 0 Å². The molecule has 0 radical (unpaired) electrons. The number of nitriles is 1. The number of pyridine rings is 1. The van der Waals surface area contributed by atoms with E-state index in [9.17, 15) is 22.4 Å². The Hall–Kier alpha value is -3.26. The average Bonchev–Trinajstić information content (AvgIpc) is 2.85. The molecule has 3 rings (SSSR count). The fraction of sp³-hybridized carbons (Fsp3) is 0.263. The van der Waals surface area contributed by atoms with E-state index in [4.69, 9.17) is 22.2 Å². The van der Waals surface area contributed by atoms with Crippen LogP contribution in [-0.2, 0) is 11.0 Å². The summed E-state index contributed by atoms with van der Waals surface area (Å²) >= 11 is 5.41. The summed E-state index contributed by atoms with van der Waals surface area (Å²) in [5.41, 5.74) is -1.87. The van der Waals surface area contributed by atoms with E-state index in [1.165, 1.54) is 36.3 Å². The van der Waals surface area contributed by atoms with Crippen LogP contribution in [0.1, 0.15) is 24.1 Å². The molecule has 1 saturated heterocycles. The highest BCUT2D eigenvalue weighted by Gasteiger charge is 2.37. The highest BCUT2D eigenvalue weighted by atomic mass is 32.1.